The monoisotopic (exact) mass is 220 g/mol. The van der Waals surface area contributed by atoms with Gasteiger partial charge >= 0.3 is 5.97 Å². The van der Waals surface area contributed by atoms with Crippen LogP contribution in [-0.2, 0) is 4.74 Å². The number of piperidine rings is 1. The van der Waals surface area contributed by atoms with Crippen molar-refractivity contribution in [2.75, 3.05) is 13.1 Å². The SMILES string of the molecule is Cc1ccncc1C(=O)OC1CCCNC1. The number of carbonyl (C=O) groups excluding carboxylic acids is 1. The summed E-state index contributed by atoms with van der Waals surface area (Å²) in [5.74, 6) is -0.265. The van der Waals surface area contributed by atoms with Crippen LogP contribution in [0, 0.1) is 6.92 Å². The Kier molecular flexibility index (Phi) is 3.51. The highest BCUT2D eigenvalue weighted by Crippen LogP contribution is 2.12. The Balaban J connectivity index is 2.00. The summed E-state index contributed by atoms with van der Waals surface area (Å²) in [5.41, 5.74) is 1.47. The summed E-state index contributed by atoms with van der Waals surface area (Å²) < 4.78 is 5.42. The molecule has 1 unspecified atom stereocenters. The van der Waals surface area contributed by atoms with Gasteiger partial charge in [0.1, 0.15) is 6.10 Å². The first-order chi connectivity index (χ1) is 7.77. The fourth-order valence-electron chi connectivity index (χ4n) is 1.81. The molecule has 1 saturated heterocycles. The molecule has 1 aliphatic heterocycles. The Morgan fingerprint density at radius 2 is 2.50 bits per heavy atom. The number of pyridine rings is 1. The molecule has 0 bridgehead atoms. The molecule has 1 aromatic heterocycles. The molecule has 0 amide bonds. The van der Waals surface area contributed by atoms with Crippen LogP contribution in [0.4, 0.5) is 0 Å². The number of nitrogens with one attached hydrogen (secondary N) is 1. The van der Waals surface area contributed by atoms with Crippen LogP contribution < -0.4 is 5.32 Å². The first kappa shape index (κ1) is 11.1. The van der Waals surface area contributed by atoms with E-state index in [0.717, 1.165) is 31.5 Å². The zero-order valence-electron chi connectivity index (χ0n) is 9.40. The first-order valence-corrected chi connectivity index (χ1v) is 5.59. The van der Waals surface area contributed by atoms with E-state index in [9.17, 15) is 4.79 Å². The van der Waals surface area contributed by atoms with E-state index in [2.05, 4.69) is 10.3 Å². The van der Waals surface area contributed by atoms with E-state index in [1.54, 1.807) is 12.4 Å². The maximum Gasteiger partial charge on any atom is 0.340 e. The van der Waals surface area contributed by atoms with Crippen molar-refractivity contribution in [3.8, 4) is 0 Å². The van der Waals surface area contributed by atoms with Gasteiger partial charge in [0, 0.05) is 18.9 Å². The topological polar surface area (TPSA) is 51.2 Å². The molecule has 2 heterocycles. The van der Waals surface area contributed by atoms with Crippen LogP contribution in [0.25, 0.3) is 0 Å². The maximum absolute atomic E-state index is 11.8. The second kappa shape index (κ2) is 5.07. The second-order valence-corrected chi connectivity index (χ2v) is 4.06. The highest BCUT2D eigenvalue weighted by Gasteiger charge is 2.19. The molecule has 1 atom stereocenters. The van der Waals surface area contributed by atoms with E-state index in [1.807, 2.05) is 13.0 Å². The van der Waals surface area contributed by atoms with E-state index >= 15 is 0 Å². The van der Waals surface area contributed by atoms with Crippen molar-refractivity contribution in [3.63, 3.8) is 0 Å². The highest BCUT2D eigenvalue weighted by molar-refractivity contribution is 5.90. The van der Waals surface area contributed by atoms with E-state index in [0.29, 0.717) is 5.56 Å². The number of aromatic nitrogens is 1. The fourth-order valence-corrected chi connectivity index (χ4v) is 1.81. The van der Waals surface area contributed by atoms with Gasteiger partial charge in [0.2, 0.25) is 0 Å². The maximum atomic E-state index is 11.8. The van der Waals surface area contributed by atoms with Gasteiger partial charge in [-0.25, -0.2) is 4.79 Å². The van der Waals surface area contributed by atoms with Gasteiger partial charge in [0.05, 0.1) is 5.56 Å². The summed E-state index contributed by atoms with van der Waals surface area (Å²) in [7, 11) is 0. The smallest absolute Gasteiger partial charge is 0.340 e. The summed E-state index contributed by atoms with van der Waals surface area (Å²) in [6.45, 7) is 3.66. The van der Waals surface area contributed by atoms with Crippen LogP contribution in [0.5, 0.6) is 0 Å². The zero-order valence-corrected chi connectivity index (χ0v) is 9.40. The van der Waals surface area contributed by atoms with Gasteiger partial charge in [-0.15, -0.1) is 0 Å². The molecule has 2 rings (SSSR count). The van der Waals surface area contributed by atoms with Gasteiger partial charge in [-0.2, -0.15) is 0 Å². The van der Waals surface area contributed by atoms with Crippen LogP contribution in [0.2, 0.25) is 0 Å². The molecular formula is C12H16N2O2. The molecule has 1 aliphatic rings. The Bertz CT molecular complexity index is 373. The van der Waals surface area contributed by atoms with Gasteiger partial charge in [-0.05, 0) is 37.9 Å². The van der Waals surface area contributed by atoms with Crippen LogP contribution in [0.3, 0.4) is 0 Å². The van der Waals surface area contributed by atoms with Crippen LogP contribution in [-0.4, -0.2) is 30.1 Å². The predicted octanol–water partition coefficient (Wildman–Crippen LogP) is 1.30. The Morgan fingerprint density at radius 1 is 1.62 bits per heavy atom. The molecule has 4 heteroatoms. The molecule has 1 aromatic rings. The Labute approximate surface area is 95.0 Å². The number of ether oxygens (including phenoxy) is 1. The minimum absolute atomic E-state index is 0.000793. The van der Waals surface area contributed by atoms with Gasteiger partial charge in [-0.1, -0.05) is 0 Å². The third-order valence-corrected chi connectivity index (χ3v) is 2.78. The third kappa shape index (κ3) is 2.58. The van der Waals surface area contributed by atoms with E-state index < -0.39 is 0 Å². The van der Waals surface area contributed by atoms with E-state index in [4.69, 9.17) is 4.74 Å². The number of hydrogen-bond acceptors (Lipinski definition) is 4. The average molecular weight is 220 g/mol. The molecule has 1 fully saturated rings. The second-order valence-electron chi connectivity index (χ2n) is 4.06. The average Bonchev–Trinajstić information content (AvgIpc) is 2.31. The fraction of sp³-hybridized carbons (Fsp3) is 0.500. The number of rotatable bonds is 2. The molecule has 4 nitrogen and oxygen atoms in total. The van der Waals surface area contributed by atoms with Gasteiger partial charge < -0.3 is 10.1 Å². The summed E-state index contributed by atoms with van der Waals surface area (Å²) in [5, 5.41) is 3.21. The lowest BCUT2D eigenvalue weighted by Gasteiger charge is -2.23. The normalized spacial score (nSPS) is 20.4. The van der Waals surface area contributed by atoms with E-state index in [-0.39, 0.29) is 12.1 Å². The minimum atomic E-state index is -0.265. The zero-order chi connectivity index (χ0) is 11.4. The molecular weight excluding hydrogens is 204 g/mol. The summed E-state index contributed by atoms with van der Waals surface area (Å²) in [6, 6.07) is 1.82. The number of hydrogen-bond donors (Lipinski definition) is 1. The lowest BCUT2D eigenvalue weighted by molar-refractivity contribution is 0.0244. The largest absolute Gasteiger partial charge is 0.457 e. The van der Waals surface area contributed by atoms with Crippen LogP contribution in [0.1, 0.15) is 28.8 Å². The number of esters is 1. The summed E-state index contributed by atoms with van der Waals surface area (Å²) in [6.07, 6.45) is 5.24. The molecule has 0 spiro atoms. The molecule has 0 aromatic carbocycles. The van der Waals surface area contributed by atoms with Crippen LogP contribution >= 0.6 is 0 Å². The summed E-state index contributed by atoms with van der Waals surface area (Å²) >= 11 is 0. The molecule has 0 saturated carbocycles. The molecule has 0 radical (unpaired) electrons. The highest BCUT2D eigenvalue weighted by atomic mass is 16.5. The predicted molar refractivity (Wildman–Crippen MR) is 60.3 cm³/mol. The molecule has 86 valence electrons. The lowest BCUT2D eigenvalue weighted by Crippen LogP contribution is -2.36. The van der Waals surface area contributed by atoms with Crippen molar-refractivity contribution < 1.29 is 9.53 Å². The Morgan fingerprint density at radius 3 is 3.19 bits per heavy atom. The quantitative estimate of drug-likeness (QED) is 0.763. The van der Waals surface area contributed by atoms with Gasteiger partial charge in [0.25, 0.3) is 0 Å². The Hall–Kier alpha value is -1.42. The van der Waals surface area contributed by atoms with Crippen molar-refractivity contribution in [2.24, 2.45) is 0 Å². The summed E-state index contributed by atoms with van der Waals surface area (Å²) in [4.78, 5) is 15.8. The minimum Gasteiger partial charge on any atom is -0.457 e. The molecule has 1 N–H and O–H groups in total. The molecule has 16 heavy (non-hydrogen) atoms. The number of aryl methyl sites for hydroxylation is 1. The first-order valence-electron chi connectivity index (χ1n) is 5.59. The number of nitrogens with zero attached hydrogens (tertiary/aromatic N) is 1. The van der Waals surface area contributed by atoms with Gasteiger partial charge in [-0.3, -0.25) is 4.98 Å². The van der Waals surface area contributed by atoms with Crippen LogP contribution in [0.15, 0.2) is 18.5 Å². The number of carbonyl (C=O) groups is 1. The van der Waals surface area contributed by atoms with Crippen molar-refractivity contribution in [1.82, 2.24) is 10.3 Å². The lowest BCUT2D eigenvalue weighted by atomic mass is 10.1. The van der Waals surface area contributed by atoms with Crippen molar-refractivity contribution in [3.05, 3.63) is 29.6 Å². The van der Waals surface area contributed by atoms with Crippen molar-refractivity contribution in [1.29, 1.82) is 0 Å². The standard InChI is InChI=1S/C12H16N2O2/c1-9-4-6-14-8-11(9)12(15)16-10-3-2-5-13-7-10/h4,6,8,10,13H,2-3,5,7H2,1H3. The van der Waals surface area contributed by atoms with E-state index in [1.165, 1.54) is 0 Å². The van der Waals surface area contributed by atoms with Crippen molar-refractivity contribution >= 4 is 5.97 Å². The van der Waals surface area contributed by atoms with Crippen molar-refractivity contribution in [2.45, 2.75) is 25.9 Å². The molecule has 0 aliphatic carbocycles. The third-order valence-electron chi connectivity index (χ3n) is 2.78. The van der Waals surface area contributed by atoms with Gasteiger partial charge in [0.15, 0.2) is 0 Å².